The smallest absolute Gasteiger partial charge is 0.343 e. The second-order valence-electron chi connectivity index (χ2n) is 3.85. The first-order valence-corrected chi connectivity index (χ1v) is 5.93. The molecular formula is C15H15NO5. The summed E-state index contributed by atoms with van der Waals surface area (Å²) in [4.78, 5) is 22.8. The normalized spacial score (nSPS) is 11.7. The highest BCUT2D eigenvalue weighted by Gasteiger charge is 2.21. The van der Waals surface area contributed by atoms with Crippen molar-refractivity contribution in [3.8, 4) is 0 Å². The second kappa shape index (κ2) is 7.64. The van der Waals surface area contributed by atoms with Crippen molar-refractivity contribution < 1.29 is 24.2 Å². The highest BCUT2D eigenvalue weighted by Crippen LogP contribution is 2.14. The third-order valence-electron chi connectivity index (χ3n) is 2.54. The van der Waals surface area contributed by atoms with Gasteiger partial charge >= 0.3 is 11.9 Å². The molecule has 0 unspecified atom stereocenters. The standard InChI is InChI=1S/C15H15NO5/c1-20-12(18)9-8-11(17)13(15(19)21-2)14(16)10-6-4-3-5-7-10/h3-9,16-17H,1-2H3/b9-8?,13-11-,16-14?. The Hall–Kier alpha value is -2.89. The highest BCUT2D eigenvalue weighted by atomic mass is 16.5. The number of aliphatic hydroxyl groups is 1. The van der Waals surface area contributed by atoms with Gasteiger partial charge in [0.05, 0.1) is 19.9 Å². The molecular weight excluding hydrogens is 274 g/mol. The van der Waals surface area contributed by atoms with Crippen LogP contribution >= 0.6 is 0 Å². The summed E-state index contributed by atoms with van der Waals surface area (Å²) in [6, 6.07) is 8.38. The lowest BCUT2D eigenvalue weighted by molar-refractivity contribution is -0.136. The minimum atomic E-state index is -0.879. The third kappa shape index (κ3) is 4.31. The van der Waals surface area contributed by atoms with Gasteiger partial charge in [0.1, 0.15) is 11.3 Å². The number of esters is 2. The number of methoxy groups -OCH3 is 2. The summed E-state index contributed by atoms with van der Waals surface area (Å²) in [6.07, 6.45) is 1.92. The molecule has 21 heavy (non-hydrogen) atoms. The molecule has 2 N–H and O–H groups in total. The maximum atomic E-state index is 11.8. The SMILES string of the molecule is COC(=O)C=C/C(O)=C(\C(=N)c1ccccc1)C(=O)OC. The first kappa shape index (κ1) is 16.2. The van der Waals surface area contributed by atoms with E-state index in [0.29, 0.717) is 5.56 Å². The molecule has 110 valence electrons. The molecule has 0 aromatic heterocycles. The molecule has 0 saturated heterocycles. The van der Waals surface area contributed by atoms with E-state index < -0.39 is 17.7 Å². The fraction of sp³-hybridized carbons (Fsp3) is 0.133. The average molecular weight is 289 g/mol. The van der Waals surface area contributed by atoms with E-state index in [2.05, 4.69) is 9.47 Å². The highest BCUT2D eigenvalue weighted by molar-refractivity contribution is 6.25. The van der Waals surface area contributed by atoms with Crippen molar-refractivity contribution in [1.29, 1.82) is 5.41 Å². The average Bonchev–Trinajstić information content (AvgIpc) is 2.53. The molecule has 0 fully saturated rings. The first-order valence-electron chi connectivity index (χ1n) is 5.93. The number of carbonyl (C=O) groups is 2. The van der Waals surface area contributed by atoms with Crippen molar-refractivity contribution in [3.05, 3.63) is 59.4 Å². The lowest BCUT2D eigenvalue weighted by atomic mass is 10.0. The van der Waals surface area contributed by atoms with Gasteiger partial charge in [0, 0.05) is 11.6 Å². The van der Waals surface area contributed by atoms with Crippen molar-refractivity contribution in [1.82, 2.24) is 0 Å². The zero-order valence-corrected chi connectivity index (χ0v) is 11.6. The molecule has 0 bridgehead atoms. The van der Waals surface area contributed by atoms with Crippen LogP contribution in [-0.2, 0) is 19.1 Å². The number of rotatable bonds is 5. The molecule has 0 spiro atoms. The Labute approximate surface area is 121 Å². The van der Waals surface area contributed by atoms with Gasteiger partial charge in [0.2, 0.25) is 0 Å². The number of hydrogen-bond donors (Lipinski definition) is 2. The van der Waals surface area contributed by atoms with Crippen molar-refractivity contribution in [2.24, 2.45) is 0 Å². The van der Waals surface area contributed by atoms with E-state index in [1.807, 2.05) is 0 Å². The number of hydrogen-bond acceptors (Lipinski definition) is 6. The molecule has 6 nitrogen and oxygen atoms in total. The van der Waals surface area contributed by atoms with Gasteiger partial charge in [0.25, 0.3) is 0 Å². The zero-order chi connectivity index (χ0) is 15.8. The number of allylic oxidation sites excluding steroid dienone is 1. The molecule has 0 heterocycles. The van der Waals surface area contributed by atoms with Crippen molar-refractivity contribution >= 4 is 17.7 Å². The Bertz CT molecular complexity index is 602. The van der Waals surface area contributed by atoms with Crippen LogP contribution in [0.5, 0.6) is 0 Å². The van der Waals surface area contributed by atoms with Gasteiger partial charge in [-0.15, -0.1) is 0 Å². The van der Waals surface area contributed by atoms with Crippen LogP contribution in [0.4, 0.5) is 0 Å². The van der Waals surface area contributed by atoms with E-state index in [9.17, 15) is 14.7 Å². The lowest BCUT2D eigenvalue weighted by Gasteiger charge is -2.08. The predicted octanol–water partition coefficient (Wildman–Crippen LogP) is 1.77. The number of benzene rings is 1. The molecule has 6 heteroatoms. The van der Waals surface area contributed by atoms with E-state index in [4.69, 9.17) is 5.41 Å². The van der Waals surface area contributed by atoms with Gasteiger partial charge in [-0.25, -0.2) is 9.59 Å². The summed E-state index contributed by atoms with van der Waals surface area (Å²) >= 11 is 0. The zero-order valence-electron chi connectivity index (χ0n) is 11.6. The number of carbonyl (C=O) groups excluding carboxylic acids is 2. The van der Waals surface area contributed by atoms with Crippen LogP contribution in [0.15, 0.2) is 53.8 Å². The van der Waals surface area contributed by atoms with Gasteiger partial charge in [-0.3, -0.25) is 5.41 Å². The fourth-order valence-electron chi connectivity index (χ4n) is 1.48. The van der Waals surface area contributed by atoms with Gasteiger partial charge in [0.15, 0.2) is 0 Å². The Morgan fingerprint density at radius 1 is 1.10 bits per heavy atom. The van der Waals surface area contributed by atoms with E-state index >= 15 is 0 Å². The Morgan fingerprint density at radius 3 is 2.24 bits per heavy atom. The van der Waals surface area contributed by atoms with Gasteiger partial charge in [-0.2, -0.15) is 0 Å². The van der Waals surface area contributed by atoms with E-state index in [-0.39, 0.29) is 11.3 Å². The van der Waals surface area contributed by atoms with Crippen molar-refractivity contribution in [3.63, 3.8) is 0 Å². The Kier molecular flexibility index (Phi) is 5.88. The summed E-state index contributed by atoms with van der Waals surface area (Å²) in [5.74, 6) is -2.13. The monoisotopic (exact) mass is 289 g/mol. The first-order chi connectivity index (χ1) is 10.0. The van der Waals surface area contributed by atoms with Crippen LogP contribution in [-0.4, -0.2) is 37.0 Å². The van der Waals surface area contributed by atoms with Crippen LogP contribution in [0, 0.1) is 5.41 Å². The molecule has 0 saturated carbocycles. The molecule has 0 aliphatic heterocycles. The molecule has 0 atom stereocenters. The molecule has 1 aromatic rings. The molecule has 0 amide bonds. The largest absolute Gasteiger partial charge is 0.507 e. The summed E-state index contributed by atoms with van der Waals surface area (Å²) in [5.41, 5.74) is -0.130. The maximum absolute atomic E-state index is 11.8. The third-order valence-corrected chi connectivity index (χ3v) is 2.54. The van der Waals surface area contributed by atoms with E-state index in [0.717, 1.165) is 19.3 Å². The molecule has 0 aliphatic carbocycles. The van der Waals surface area contributed by atoms with Crippen LogP contribution in [0.3, 0.4) is 0 Å². The van der Waals surface area contributed by atoms with Crippen LogP contribution < -0.4 is 0 Å². The van der Waals surface area contributed by atoms with Gasteiger partial charge in [-0.05, 0) is 6.08 Å². The predicted molar refractivity (Wildman–Crippen MR) is 76.1 cm³/mol. The lowest BCUT2D eigenvalue weighted by Crippen LogP contribution is -2.17. The van der Waals surface area contributed by atoms with Gasteiger partial charge < -0.3 is 14.6 Å². The molecule has 0 aliphatic rings. The van der Waals surface area contributed by atoms with Crippen molar-refractivity contribution in [2.75, 3.05) is 14.2 Å². The molecule has 0 radical (unpaired) electrons. The van der Waals surface area contributed by atoms with Crippen LogP contribution in [0.1, 0.15) is 5.56 Å². The molecule has 1 rings (SSSR count). The quantitative estimate of drug-likeness (QED) is 0.283. The fourth-order valence-corrected chi connectivity index (χ4v) is 1.48. The maximum Gasteiger partial charge on any atom is 0.343 e. The number of nitrogens with one attached hydrogen (secondary N) is 1. The topological polar surface area (TPSA) is 96.7 Å². The summed E-state index contributed by atoms with van der Waals surface area (Å²) < 4.78 is 8.94. The Balaban J connectivity index is 3.23. The minimum Gasteiger partial charge on any atom is -0.507 e. The Morgan fingerprint density at radius 2 is 1.71 bits per heavy atom. The second-order valence-corrected chi connectivity index (χ2v) is 3.85. The van der Waals surface area contributed by atoms with Crippen molar-refractivity contribution in [2.45, 2.75) is 0 Å². The van der Waals surface area contributed by atoms with E-state index in [1.165, 1.54) is 7.11 Å². The van der Waals surface area contributed by atoms with Crippen LogP contribution in [0.2, 0.25) is 0 Å². The van der Waals surface area contributed by atoms with E-state index in [1.54, 1.807) is 30.3 Å². The minimum absolute atomic E-state index is 0.213. The number of ether oxygens (including phenoxy) is 2. The van der Waals surface area contributed by atoms with Crippen LogP contribution in [0.25, 0.3) is 0 Å². The summed E-state index contributed by atoms with van der Waals surface area (Å²) in [5, 5.41) is 17.9. The van der Waals surface area contributed by atoms with Gasteiger partial charge in [-0.1, -0.05) is 30.3 Å². The number of aliphatic hydroxyl groups excluding tert-OH is 1. The molecule has 1 aromatic carbocycles. The summed E-state index contributed by atoms with van der Waals surface area (Å²) in [6.45, 7) is 0. The summed E-state index contributed by atoms with van der Waals surface area (Å²) in [7, 11) is 2.32.